The monoisotopic (exact) mass is 715 g/mol. The predicted molar refractivity (Wildman–Crippen MR) is 172 cm³/mol. The smallest absolute Gasteiger partial charge is 0.323 e. The maximum Gasteiger partial charge on any atom is 0.323 e. The normalized spacial score (nSPS) is 19.0. The molecule has 1 amide bonds. The molecule has 0 atom stereocenters. The summed E-state index contributed by atoms with van der Waals surface area (Å²) < 4.78 is 39.9. The number of rotatable bonds is 10. The second-order valence-corrected chi connectivity index (χ2v) is 14.4. The fourth-order valence-electron chi connectivity index (χ4n) is 4.83. The summed E-state index contributed by atoms with van der Waals surface area (Å²) in [5.74, 6) is -3.80. The SMILES string of the molecule is CC1=CSC(=C/C(C)=c2\c(=O)n(C)/c(=c3\o/c(=C4/SC(=S)N(C)C4=O)n(CC(=O)O)c3=O)n2CC(=O)O)N1CCCCS(=O)(=O)O. The van der Waals surface area contributed by atoms with E-state index in [0.29, 0.717) is 28.1 Å². The number of nitrogens with zero attached hydrogens (tertiary/aromatic N) is 5. The van der Waals surface area contributed by atoms with Crippen molar-refractivity contribution in [2.75, 3.05) is 19.3 Å². The zero-order chi connectivity index (χ0) is 34.2. The summed E-state index contributed by atoms with van der Waals surface area (Å²) in [5, 5.41) is 21.7. The number of thioether (sulfide) groups is 2. The average molecular weight is 716 g/mol. The molecule has 46 heavy (non-hydrogen) atoms. The third kappa shape index (κ3) is 7.09. The highest BCUT2D eigenvalue weighted by molar-refractivity contribution is 8.30. The number of hydrogen-bond acceptors (Lipinski definition) is 12. The van der Waals surface area contributed by atoms with Crippen LogP contribution in [0.2, 0.25) is 0 Å². The molecule has 248 valence electrons. The lowest BCUT2D eigenvalue weighted by molar-refractivity contribution is -0.138. The molecule has 1 fully saturated rings. The Morgan fingerprint density at radius 1 is 1.04 bits per heavy atom. The van der Waals surface area contributed by atoms with E-state index in [1.54, 1.807) is 13.0 Å². The number of aromatic nitrogens is 3. The second kappa shape index (κ2) is 13.5. The molecule has 0 radical (unpaired) electrons. The van der Waals surface area contributed by atoms with Crippen molar-refractivity contribution in [1.82, 2.24) is 23.5 Å². The minimum absolute atomic E-state index is 0.0918. The highest BCUT2D eigenvalue weighted by Crippen LogP contribution is 2.35. The summed E-state index contributed by atoms with van der Waals surface area (Å²) in [6.45, 7) is 2.13. The Morgan fingerprint density at radius 2 is 1.67 bits per heavy atom. The molecule has 1 saturated heterocycles. The van der Waals surface area contributed by atoms with Crippen LogP contribution in [0.4, 0.5) is 0 Å². The van der Waals surface area contributed by atoms with Crippen LogP contribution in [0.5, 0.6) is 0 Å². The maximum atomic E-state index is 13.7. The molecule has 0 aliphatic carbocycles. The van der Waals surface area contributed by atoms with Crippen molar-refractivity contribution >= 4 is 78.5 Å². The summed E-state index contributed by atoms with van der Waals surface area (Å²) in [6.07, 6.45) is 2.29. The van der Waals surface area contributed by atoms with Crippen molar-refractivity contribution in [3.8, 4) is 0 Å². The van der Waals surface area contributed by atoms with E-state index in [4.69, 9.17) is 21.2 Å². The first-order chi connectivity index (χ1) is 21.4. The topological polar surface area (TPSA) is 215 Å². The Balaban J connectivity index is 2.02. The quantitative estimate of drug-likeness (QED) is 0.162. The molecule has 4 heterocycles. The minimum Gasteiger partial charge on any atom is -0.480 e. The number of allylic oxidation sites excluding steroid dienone is 2. The Morgan fingerprint density at radius 3 is 2.24 bits per heavy atom. The van der Waals surface area contributed by atoms with Crippen LogP contribution in [-0.4, -0.2) is 88.2 Å². The molecule has 0 spiro atoms. The van der Waals surface area contributed by atoms with Crippen LogP contribution in [0, 0.1) is 10.9 Å². The van der Waals surface area contributed by atoms with Gasteiger partial charge in [-0.15, -0.1) is 0 Å². The number of carbonyl (C=O) groups excluding carboxylic acids is 1. The van der Waals surface area contributed by atoms with Gasteiger partial charge in [-0.05, 0) is 55.5 Å². The molecule has 20 heteroatoms. The molecule has 2 aliphatic rings. The largest absolute Gasteiger partial charge is 0.480 e. The van der Waals surface area contributed by atoms with Gasteiger partial charge in [0.05, 0.1) is 10.8 Å². The van der Waals surface area contributed by atoms with Crippen LogP contribution in [0.25, 0.3) is 10.5 Å². The number of oxazole rings is 1. The molecule has 2 aromatic rings. The van der Waals surface area contributed by atoms with Crippen LogP contribution in [0.3, 0.4) is 0 Å². The van der Waals surface area contributed by atoms with Crippen molar-refractivity contribution in [1.29, 1.82) is 0 Å². The van der Waals surface area contributed by atoms with Gasteiger partial charge >= 0.3 is 17.5 Å². The highest BCUT2D eigenvalue weighted by atomic mass is 32.2. The van der Waals surface area contributed by atoms with Crippen molar-refractivity contribution in [2.24, 2.45) is 7.05 Å². The molecule has 0 saturated carbocycles. The van der Waals surface area contributed by atoms with Gasteiger partial charge in [0, 0.05) is 26.3 Å². The number of carboxylic acids is 2. The van der Waals surface area contributed by atoms with Crippen LogP contribution in [0.1, 0.15) is 26.7 Å². The van der Waals surface area contributed by atoms with E-state index in [1.807, 2.05) is 17.2 Å². The number of carboxylic acid groups (broad SMARTS) is 2. The first-order valence-corrected chi connectivity index (χ1v) is 17.1. The van der Waals surface area contributed by atoms with Crippen molar-refractivity contribution in [3.05, 3.63) is 64.7 Å². The Bertz CT molecular complexity index is 2190. The number of thiocarbonyl (C=S) groups is 1. The first kappa shape index (κ1) is 35.0. The summed E-state index contributed by atoms with van der Waals surface area (Å²) in [6, 6.07) is 0. The Hall–Kier alpha value is -3.85. The van der Waals surface area contributed by atoms with Gasteiger partial charge in [-0.25, -0.2) is 0 Å². The van der Waals surface area contributed by atoms with Gasteiger partial charge in [-0.3, -0.25) is 42.6 Å². The number of aliphatic carboxylic acids is 2. The predicted octanol–water partition coefficient (Wildman–Crippen LogP) is -0.414. The van der Waals surface area contributed by atoms with Gasteiger partial charge in [-0.2, -0.15) is 8.42 Å². The van der Waals surface area contributed by atoms with Crippen molar-refractivity contribution in [2.45, 2.75) is 39.8 Å². The molecule has 0 aromatic carbocycles. The van der Waals surface area contributed by atoms with Crippen LogP contribution >= 0.6 is 35.7 Å². The Labute approximate surface area is 274 Å². The number of carbonyl (C=O) groups is 3. The molecule has 0 unspecified atom stereocenters. The number of hydrogen-bond donors (Lipinski definition) is 3. The first-order valence-electron chi connectivity index (χ1n) is 13.4. The molecule has 4 rings (SSSR count). The van der Waals surface area contributed by atoms with Crippen LogP contribution < -0.4 is 22.0 Å². The third-order valence-electron chi connectivity index (χ3n) is 6.97. The van der Waals surface area contributed by atoms with Gasteiger partial charge < -0.3 is 24.1 Å². The fourth-order valence-corrected chi connectivity index (χ4v) is 7.61. The zero-order valence-corrected chi connectivity index (χ0v) is 28.1. The van der Waals surface area contributed by atoms with E-state index < -0.39 is 63.1 Å². The summed E-state index contributed by atoms with van der Waals surface area (Å²) in [4.78, 5) is 66.7. The lowest BCUT2D eigenvalue weighted by Gasteiger charge is -2.21. The van der Waals surface area contributed by atoms with Gasteiger partial charge in [0.15, 0.2) is 5.48 Å². The molecule has 16 nitrogen and oxygen atoms in total. The second-order valence-electron chi connectivity index (χ2n) is 10.3. The van der Waals surface area contributed by atoms with Crippen LogP contribution in [-0.2, 0) is 44.6 Å². The summed E-state index contributed by atoms with van der Waals surface area (Å²) in [7, 11) is -1.41. The molecule has 2 aromatic heterocycles. The van der Waals surface area contributed by atoms with E-state index in [9.17, 15) is 42.6 Å². The van der Waals surface area contributed by atoms with E-state index in [2.05, 4.69) is 0 Å². The molecular weight excluding hydrogens is 687 g/mol. The lowest BCUT2D eigenvalue weighted by Crippen LogP contribution is -2.34. The van der Waals surface area contributed by atoms with Crippen molar-refractivity contribution < 1.29 is 42.0 Å². The zero-order valence-electron chi connectivity index (χ0n) is 24.9. The standard InChI is InChI=1S/C26H29N5O11S4/c1-13(9-15-29(14(2)12-44-15)7-5-6-8-46(39,40)41)18-22(36)27(3)21(30(18)10-16(32)33)19-23(37)31(11-17(34)35)25(42-19)20-24(38)28(4)26(43)45-20/h9,12H,5-8,10-11H2,1-4H3,(H,32,33)(H,34,35)(H,39,40,41)/b15-9?,18-13+,21-19+,25-20+. The number of amides is 1. The highest BCUT2D eigenvalue weighted by Gasteiger charge is 2.33. The van der Waals surface area contributed by atoms with Gasteiger partial charge in [0.1, 0.15) is 27.7 Å². The van der Waals surface area contributed by atoms with E-state index in [0.717, 1.165) is 31.5 Å². The third-order valence-corrected chi connectivity index (χ3v) is 10.3. The van der Waals surface area contributed by atoms with Gasteiger partial charge in [0.25, 0.3) is 21.6 Å². The van der Waals surface area contributed by atoms with Gasteiger partial charge in [-0.1, -0.05) is 24.0 Å². The lowest BCUT2D eigenvalue weighted by atomic mass is 10.2. The van der Waals surface area contributed by atoms with E-state index >= 15 is 0 Å². The summed E-state index contributed by atoms with van der Waals surface area (Å²) >= 11 is 7.28. The molecular formula is C26H29N5O11S4. The van der Waals surface area contributed by atoms with Crippen LogP contribution in [0.15, 0.2) is 36.2 Å². The molecule has 2 aliphatic heterocycles. The molecule has 0 bridgehead atoms. The minimum atomic E-state index is -4.10. The van der Waals surface area contributed by atoms with E-state index in [-0.39, 0.29) is 32.2 Å². The van der Waals surface area contributed by atoms with Crippen molar-refractivity contribution in [3.63, 3.8) is 0 Å². The maximum absolute atomic E-state index is 13.7. The average Bonchev–Trinajstić information content (AvgIpc) is 3.60. The molecule has 3 N–H and O–H groups in total. The summed E-state index contributed by atoms with van der Waals surface area (Å²) in [5.41, 5.74) is -1.76. The van der Waals surface area contributed by atoms with Gasteiger partial charge in [0.2, 0.25) is 11.0 Å². The fraction of sp³-hybridized carbons (Fsp3) is 0.385. The number of imidazole rings is 1. The van der Waals surface area contributed by atoms with E-state index in [1.165, 1.54) is 25.9 Å². The number of unbranched alkanes of at least 4 members (excludes halogenated alkanes) is 1. The Kier molecular flexibility index (Phi) is 10.3.